The molecule has 0 radical (unpaired) electrons. The van der Waals surface area contributed by atoms with E-state index in [9.17, 15) is 4.79 Å². The molecule has 15 heavy (non-hydrogen) atoms. The molecule has 3 nitrogen and oxygen atoms in total. The second-order valence-electron chi connectivity index (χ2n) is 3.68. The molecule has 0 fully saturated rings. The van der Waals surface area contributed by atoms with Gasteiger partial charge in [0.2, 0.25) is 0 Å². The van der Waals surface area contributed by atoms with Crippen molar-refractivity contribution < 1.29 is 0 Å². The Bertz CT molecular complexity index is 523. The fourth-order valence-electron chi connectivity index (χ4n) is 1.70. The smallest absolute Gasteiger partial charge is 0.267 e. The summed E-state index contributed by atoms with van der Waals surface area (Å²) in [5.74, 6) is 0. The molecule has 2 aromatic rings. The van der Waals surface area contributed by atoms with Crippen LogP contribution in [-0.4, -0.2) is 10.2 Å². The van der Waals surface area contributed by atoms with Gasteiger partial charge >= 0.3 is 0 Å². The maximum absolute atomic E-state index is 11.5. The van der Waals surface area contributed by atoms with Crippen LogP contribution in [0.4, 0.5) is 0 Å². The number of H-pyrrole nitrogens is 1. The Morgan fingerprint density at radius 1 is 1.13 bits per heavy atom. The maximum Gasteiger partial charge on any atom is 0.272 e. The van der Waals surface area contributed by atoms with Gasteiger partial charge in [-0.05, 0) is 25.5 Å². The Labute approximate surface area is 87.8 Å². The van der Waals surface area contributed by atoms with E-state index in [-0.39, 0.29) is 5.56 Å². The molecule has 0 aliphatic rings. The first-order chi connectivity index (χ1) is 7.16. The number of rotatable bonds is 1. The third kappa shape index (κ3) is 1.96. The minimum atomic E-state index is -0.150. The fourth-order valence-corrected chi connectivity index (χ4v) is 1.70. The van der Waals surface area contributed by atoms with Crippen LogP contribution < -0.4 is 5.56 Å². The van der Waals surface area contributed by atoms with E-state index in [0.29, 0.717) is 5.56 Å². The van der Waals surface area contributed by atoms with Gasteiger partial charge in [-0.2, -0.15) is 5.10 Å². The quantitative estimate of drug-likeness (QED) is 0.765. The number of benzene rings is 1. The van der Waals surface area contributed by atoms with Crippen LogP contribution in [0.25, 0.3) is 11.1 Å². The normalized spacial score (nSPS) is 10.3. The van der Waals surface area contributed by atoms with Crippen molar-refractivity contribution in [2.75, 3.05) is 0 Å². The molecule has 1 N–H and O–H groups in total. The highest BCUT2D eigenvalue weighted by Gasteiger charge is 2.03. The number of hydrogen-bond donors (Lipinski definition) is 1. The lowest BCUT2D eigenvalue weighted by Gasteiger charge is -2.03. The Kier molecular flexibility index (Phi) is 2.37. The molecule has 1 aromatic heterocycles. The number of nitrogens with zero attached hydrogens (tertiary/aromatic N) is 1. The summed E-state index contributed by atoms with van der Waals surface area (Å²) < 4.78 is 0. The Hall–Kier alpha value is -1.90. The van der Waals surface area contributed by atoms with Gasteiger partial charge in [0.05, 0.1) is 0 Å². The van der Waals surface area contributed by atoms with E-state index in [2.05, 4.69) is 16.3 Å². The van der Waals surface area contributed by atoms with Crippen LogP contribution in [0.3, 0.4) is 0 Å². The first-order valence-corrected chi connectivity index (χ1v) is 4.79. The molecule has 0 aliphatic heterocycles. The second kappa shape index (κ2) is 3.69. The van der Waals surface area contributed by atoms with Crippen molar-refractivity contribution in [3.63, 3.8) is 0 Å². The number of aryl methyl sites for hydroxylation is 2. The van der Waals surface area contributed by atoms with Crippen molar-refractivity contribution in [1.82, 2.24) is 10.2 Å². The summed E-state index contributed by atoms with van der Waals surface area (Å²) >= 11 is 0. The summed E-state index contributed by atoms with van der Waals surface area (Å²) in [5, 5.41) is 6.11. The van der Waals surface area contributed by atoms with Gasteiger partial charge in [0, 0.05) is 11.8 Å². The van der Waals surface area contributed by atoms with E-state index >= 15 is 0 Å². The Balaban J connectivity index is 2.64. The van der Waals surface area contributed by atoms with Crippen LogP contribution in [0, 0.1) is 13.8 Å². The van der Waals surface area contributed by atoms with Crippen molar-refractivity contribution in [2.24, 2.45) is 0 Å². The van der Waals surface area contributed by atoms with E-state index in [0.717, 1.165) is 16.7 Å². The van der Waals surface area contributed by atoms with Crippen molar-refractivity contribution in [1.29, 1.82) is 0 Å². The summed E-state index contributed by atoms with van der Waals surface area (Å²) in [6.07, 6.45) is 1.59. The summed E-state index contributed by atoms with van der Waals surface area (Å²) in [6, 6.07) is 7.81. The van der Waals surface area contributed by atoms with Gasteiger partial charge in [0.1, 0.15) is 0 Å². The van der Waals surface area contributed by atoms with Gasteiger partial charge in [-0.1, -0.05) is 29.3 Å². The van der Waals surface area contributed by atoms with Gasteiger partial charge < -0.3 is 0 Å². The number of hydrogen-bond acceptors (Lipinski definition) is 2. The second-order valence-corrected chi connectivity index (χ2v) is 3.68. The molecule has 0 unspecified atom stereocenters. The highest BCUT2D eigenvalue weighted by Crippen LogP contribution is 2.18. The van der Waals surface area contributed by atoms with Crippen LogP contribution >= 0.6 is 0 Å². The van der Waals surface area contributed by atoms with E-state index in [1.54, 1.807) is 12.3 Å². The fraction of sp³-hybridized carbons (Fsp3) is 0.167. The zero-order valence-electron chi connectivity index (χ0n) is 8.74. The van der Waals surface area contributed by atoms with Gasteiger partial charge in [-0.25, -0.2) is 5.10 Å². The van der Waals surface area contributed by atoms with Crippen LogP contribution in [0.5, 0.6) is 0 Å². The molecule has 0 saturated carbocycles. The van der Waals surface area contributed by atoms with Crippen molar-refractivity contribution >= 4 is 0 Å². The highest BCUT2D eigenvalue weighted by atomic mass is 16.1. The third-order valence-corrected chi connectivity index (χ3v) is 2.26. The van der Waals surface area contributed by atoms with Gasteiger partial charge in [-0.3, -0.25) is 4.79 Å². The molecule has 0 atom stereocenters. The van der Waals surface area contributed by atoms with Crippen molar-refractivity contribution in [3.8, 4) is 11.1 Å². The van der Waals surface area contributed by atoms with E-state index in [1.807, 2.05) is 26.0 Å². The highest BCUT2D eigenvalue weighted by molar-refractivity contribution is 5.63. The number of aromatic nitrogens is 2. The lowest BCUT2D eigenvalue weighted by atomic mass is 10.0. The zero-order valence-corrected chi connectivity index (χ0v) is 8.74. The summed E-state index contributed by atoms with van der Waals surface area (Å²) in [6.45, 7) is 4.04. The standard InChI is InChI=1S/C12H12N2O/c1-8-5-9(2)7-10(6-8)11-3-4-13-14-12(11)15/h3-7H,1-2H3,(H,14,15). The third-order valence-electron chi connectivity index (χ3n) is 2.26. The predicted octanol–water partition coefficient (Wildman–Crippen LogP) is 2.05. The SMILES string of the molecule is Cc1cc(C)cc(-c2ccn[nH]c2=O)c1. The minimum absolute atomic E-state index is 0.150. The molecule has 0 aliphatic carbocycles. The lowest BCUT2D eigenvalue weighted by molar-refractivity contribution is 0.991. The Morgan fingerprint density at radius 3 is 2.40 bits per heavy atom. The van der Waals surface area contributed by atoms with E-state index < -0.39 is 0 Å². The maximum atomic E-state index is 11.5. The van der Waals surface area contributed by atoms with E-state index in [4.69, 9.17) is 0 Å². The largest absolute Gasteiger partial charge is 0.272 e. The van der Waals surface area contributed by atoms with Gasteiger partial charge in [-0.15, -0.1) is 0 Å². The molecular formula is C12H12N2O. The molecule has 0 amide bonds. The lowest BCUT2D eigenvalue weighted by Crippen LogP contribution is -2.09. The van der Waals surface area contributed by atoms with Gasteiger partial charge in [0.15, 0.2) is 0 Å². The average molecular weight is 200 g/mol. The number of nitrogens with one attached hydrogen (secondary N) is 1. The molecule has 1 heterocycles. The minimum Gasteiger partial charge on any atom is -0.267 e. The molecule has 3 heteroatoms. The molecule has 0 bridgehead atoms. The molecule has 0 spiro atoms. The van der Waals surface area contributed by atoms with Crippen LogP contribution in [0.2, 0.25) is 0 Å². The molecule has 0 saturated heterocycles. The zero-order chi connectivity index (χ0) is 10.8. The number of aromatic amines is 1. The first-order valence-electron chi connectivity index (χ1n) is 4.79. The topological polar surface area (TPSA) is 45.8 Å². The summed E-state index contributed by atoms with van der Waals surface area (Å²) in [7, 11) is 0. The molecule has 76 valence electrons. The van der Waals surface area contributed by atoms with Crippen LogP contribution in [0.1, 0.15) is 11.1 Å². The predicted molar refractivity (Wildman–Crippen MR) is 59.8 cm³/mol. The molecular weight excluding hydrogens is 188 g/mol. The Morgan fingerprint density at radius 2 is 1.80 bits per heavy atom. The molecule has 2 rings (SSSR count). The van der Waals surface area contributed by atoms with Crippen molar-refractivity contribution in [3.05, 3.63) is 51.9 Å². The monoisotopic (exact) mass is 200 g/mol. The van der Waals surface area contributed by atoms with Gasteiger partial charge in [0.25, 0.3) is 5.56 Å². The first kappa shape index (κ1) is 9.65. The van der Waals surface area contributed by atoms with Crippen LogP contribution in [0.15, 0.2) is 35.3 Å². The van der Waals surface area contributed by atoms with Crippen LogP contribution in [-0.2, 0) is 0 Å². The summed E-state index contributed by atoms with van der Waals surface area (Å²) in [5.41, 5.74) is 3.76. The average Bonchev–Trinajstić information content (AvgIpc) is 2.16. The van der Waals surface area contributed by atoms with Crippen molar-refractivity contribution in [2.45, 2.75) is 13.8 Å². The summed E-state index contributed by atoms with van der Waals surface area (Å²) in [4.78, 5) is 11.5. The molecule has 1 aromatic carbocycles. The van der Waals surface area contributed by atoms with E-state index in [1.165, 1.54) is 0 Å².